The number of aryl methyl sites for hydroxylation is 1. The molecule has 0 aromatic heterocycles. The van der Waals surface area contributed by atoms with Crippen LogP contribution < -0.4 is 5.32 Å². The average molecular weight is 308 g/mol. The van der Waals surface area contributed by atoms with Crippen LogP contribution in [0.5, 0.6) is 0 Å². The van der Waals surface area contributed by atoms with Gasteiger partial charge in [-0.3, -0.25) is 0 Å². The minimum atomic E-state index is 0.325. The van der Waals surface area contributed by atoms with Gasteiger partial charge in [0, 0.05) is 22.6 Å². The molecule has 0 amide bonds. The van der Waals surface area contributed by atoms with E-state index in [2.05, 4.69) is 43.4 Å². The standard InChI is InChI=1S/C17H19Cl2N/c1-3-17(13-6-4-12(2)5-7-13)20-11-14-10-15(18)8-9-16(14)19/h4-10,17,20H,3,11H2,1-2H3. The Hall–Kier alpha value is -1.02. The SMILES string of the molecule is CCC(NCc1cc(Cl)ccc1Cl)c1ccc(C)cc1. The van der Waals surface area contributed by atoms with Crippen molar-refractivity contribution < 1.29 is 0 Å². The molecule has 2 aromatic rings. The van der Waals surface area contributed by atoms with Crippen LogP contribution in [0.15, 0.2) is 42.5 Å². The first-order valence-corrected chi connectivity index (χ1v) is 7.59. The summed E-state index contributed by atoms with van der Waals surface area (Å²) in [4.78, 5) is 0. The third-order valence-electron chi connectivity index (χ3n) is 3.43. The van der Waals surface area contributed by atoms with Gasteiger partial charge in [-0.15, -0.1) is 0 Å². The van der Waals surface area contributed by atoms with Gasteiger partial charge in [-0.2, -0.15) is 0 Å². The maximum absolute atomic E-state index is 6.19. The quantitative estimate of drug-likeness (QED) is 0.764. The van der Waals surface area contributed by atoms with Crippen LogP contribution in [0.1, 0.15) is 36.1 Å². The van der Waals surface area contributed by atoms with Crippen molar-refractivity contribution in [1.82, 2.24) is 5.32 Å². The number of nitrogens with one attached hydrogen (secondary N) is 1. The van der Waals surface area contributed by atoms with E-state index in [1.807, 2.05) is 18.2 Å². The van der Waals surface area contributed by atoms with E-state index < -0.39 is 0 Å². The van der Waals surface area contributed by atoms with Gasteiger partial charge in [0.15, 0.2) is 0 Å². The smallest absolute Gasteiger partial charge is 0.0451 e. The van der Waals surface area contributed by atoms with Gasteiger partial charge in [0.05, 0.1) is 0 Å². The summed E-state index contributed by atoms with van der Waals surface area (Å²) >= 11 is 12.2. The Bertz CT molecular complexity index is 564. The van der Waals surface area contributed by atoms with Gasteiger partial charge >= 0.3 is 0 Å². The van der Waals surface area contributed by atoms with Crippen molar-refractivity contribution in [2.45, 2.75) is 32.9 Å². The Labute approximate surface area is 130 Å². The molecule has 3 heteroatoms. The molecule has 1 unspecified atom stereocenters. The fourth-order valence-corrected chi connectivity index (χ4v) is 2.59. The molecule has 0 saturated heterocycles. The number of halogens is 2. The maximum atomic E-state index is 6.19. The van der Waals surface area contributed by atoms with E-state index in [-0.39, 0.29) is 0 Å². The van der Waals surface area contributed by atoms with Crippen LogP contribution in [0.3, 0.4) is 0 Å². The Morgan fingerprint density at radius 2 is 1.75 bits per heavy atom. The average Bonchev–Trinajstić information content (AvgIpc) is 2.45. The highest BCUT2D eigenvalue weighted by Crippen LogP contribution is 2.23. The Morgan fingerprint density at radius 3 is 2.40 bits per heavy atom. The molecule has 1 nitrogen and oxygen atoms in total. The van der Waals surface area contributed by atoms with E-state index in [9.17, 15) is 0 Å². The Morgan fingerprint density at radius 1 is 1.05 bits per heavy atom. The maximum Gasteiger partial charge on any atom is 0.0451 e. The first-order valence-electron chi connectivity index (χ1n) is 6.84. The summed E-state index contributed by atoms with van der Waals surface area (Å²) in [5.41, 5.74) is 3.61. The minimum absolute atomic E-state index is 0.325. The molecule has 0 aliphatic carbocycles. The molecular formula is C17H19Cl2N. The van der Waals surface area contributed by atoms with Gasteiger partial charge < -0.3 is 5.32 Å². The summed E-state index contributed by atoms with van der Waals surface area (Å²) in [5, 5.41) is 5.01. The molecule has 0 heterocycles. The first-order chi connectivity index (χ1) is 9.60. The fraction of sp³-hybridized carbons (Fsp3) is 0.294. The highest BCUT2D eigenvalue weighted by atomic mass is 35.5. The van der Waals surface area contributed by atoms with Crippen LogP contribution in [-0.4, -0.2) is 0 Å². The van der Waals surface area contributed by atoms with Crippen molar-refractivity contribution in [1.29, 1.82) is 0 Å². The minimum Gasteiger partial charge on any atom is -0.306 e. The number of benzene rings is 2. The van der Waals surface area contributed by atoms with Crippen LogP contribution in [0.25, 0.3) is 0 Å². The molecule has 2 rings (SSSR count). The third-order valence-corrected chi connectivity index (χ3v) is 4.04. The highest BCUT2D eigenvalue weighted by molar-refractivity contribution is 6.33. The zero-order valence-electron chi connectivity index (χ0n) is 11.8. The number of rotatable bonds is 5. The van der Waals surface area contributed by atoms with Crippen LogP contribution >= 0.6 is 23.2 Å². The van der Waals surface area contributed by atoms with Gasteiger partial charge in [0.25, 0.3) is 0 Å². The van der Waals surface area contributed by atoms with E-state index >= 15 is 0 Å². The third kappa shape index (κ3) is 3.99. The highest BCUT2D eigenvalue weighted by Gasteiger charge is 2.09. The Balaban J connectivity index is 2.07. The molecule has 0 fully saturated rings. The number of hydrogen-bond acceptors (Lipinski definition) is 1. The molecule has 1 atom stereocenters. The van der Waals surface area contributed by atoms with Crippen molar-refractivity contribution in [2.75, 3.05) is 0 Å². The molecule has 0 aliphatic heterocycles. The normalized spacial score (nSPS) is 12.4. The molecule has 0 spiro atoms. The molecule has 0 saturated carbocycles. The molecule has 0 bridgehead atoms. The van der Waals surface area contributed by atoms with Crippen molar-refractivity contribution in [3.63, 3.8) is 0 Å². The monoisotopic (exact) mass is 307 g/mol. The molecular weight excluding hydrogens is 289 g/mol. The fourth-order valence-electron chi connectivity index (χ4n) is 2.21. The molecule has 0 aliphatic rings. The van der Waals surface area contributed by atoms with Crippen molar-refractivity contribution in [3.05, 3.63) is 69.2 Å². The van der Waals surface area contributed by atoms with Crippen LogP contribution in [-0.2, 0) is 6.54 Å². The zero-order chi connectivity index (χ0) is 14.5. The van der Waals surface area contributed by atoms with Crippen LogP contribution in [0, 0.1) is 6.92 Å². The zero-order valence-corrected chi connectivity index (χ0v) is 13.3. The van der Waals surface area contributed by atoms with Crippen LogP contribution in [0.2, 0.25) is 10.0 Å². The van der Waals surface area contributed by atoms with Crippen molar-refractivity contribution in [3.8, 4) is 0 Å². The number of hydrogen-bond donors (Lipinski definition) is 1. The molecule has 20 heavy (non-hydrogen) atoms. The lowest BCUT2D eigenvalue weighted by Gasteiger charge is -2.18. The second-order valence-electron chi connectivity index (χ2n) is 4.99. The lowest BCUT2D eigenvalue weighted by molar-refractivity contribution is 0.519. The lowest BCUT2D eigenvalue weighted by atomic mass is 10.0. The van der Waals surface area contributed by atoms with Gasteiger partial charge in [-0.05, 0) is 42.7 Å². The van der Waals surface area contributed by atoms with Gasteiger partial charge in [0.2, 0.25) is 0 Å². The topological polar surface area (TPSA) is 12.0 Å². The predicted molar refractivity (Wildman–Crippen MR) is 87.5 cm³/mol. The summed E-state index contributed by atoms with van der Waals surface area (Å²) in [6, 6.07) is 14.5. The second kappa shape index (κ2) is 7.12. The van der Waals surface area contributed by atoms with Gasteiger partial charge in [-0.25, -0.2) is 0 Å². The van der Waals surface area contributed by atoms with E-state index in [0.29, 0.717) is 12.6 Å². The van der Waals surface area contributed by atoms with E-state index in [1.54, 1.807) is 0 Å². The van der Waals surface area contributed by atoms with E-state index in [0.717, 1.165) is 22.0 Å². The van der Waals surface area contributed by atoms with Gasteiger partial charge in [-0.1, -0.05) is 60.0 Å². The largest absolute Gasteiger partial charge is 0.306 e. The first kappa shape index (κ1) is 15.4. The predicted octanol–water partition coefficient (Wildman–Crippen LogP) is 5.54. The summed E-state index contributed by atoms with van der Waals surface area (Å²) in [6.45, 7) is 4.99. The Kier molecular flexibility index (Phi) is 5.47. The lowest BCUT2D eigenvalue weighted by Crippen LogP contribution is -2.20. The van der Waals surface area contributed by atoms with E-state index in [1.165, 1.54) is 11.1 Å². The van der Waals surface area contributed by atoms with Crippen molar-refractivity contribution >= 4 is 23.2 Å². The molecule has 2 aromatic carbocycles. The van der Waals surface area contributed by atoms with E-state index in [4.69, 9.17) is 23.2 Å². The van der Waals surface area contributed by atoms with Gasteiger partial charge in [0.1, 0.15) is 0 Å². The molecule has 0 radical (unpaired) electrons. The molecule has 1 N–H and O–H groups in total. The summed E-state index contributed by atoms with van der Waals surface area (Å²) in [6.07, 6.45) is 1.03. The summed E-state index contributed by atoms with van der Waals surface area (Å²) < 4.78 is 0. The molecule has 106 valence electrons. The van der Waals surface area contributed by atoms with Crippen LogP contribution in [0.4, 0.5) is 0 Å². The second-order valence-corrected chi connectivity index (χ2v) is 5.83. The summed E-state index contributed by atoms with van der Waals surface area (Å²) in [5.74, 6) is 0. The van der Waals surface area contributed by atoms with Crippen molar-refractivity contribution in [2.24, 2.45) is 0 Å². The summed E-state index contributed by atoms with van der Waals surface area (Å²) in [7, 11) is 0.